The van der Waals surface area contributed by atoms with Crippen molar-refractivity contribution < 1.29 is 4.79 Å². The lowest BCUT2D eigenvalue weighted by atomic mass is 11.0. The van der Waals surface area contributed by atoms with Crippen molar-refractivity contribution in [3.63, 3.8) is 0 Å². The molecule has 4 heteroatoms. The molecule has 0 heterocycles. The van der Waals surface area contributed by atoms with Gasteiger partial charge in [0.25, 0.3) is 0 Å². The normalized spacial score (nSPS) is 6.67. The number of rotatable bonds is 1. The van der Waals surface area contributed by atoms with Crippen LogP contribution in [0, 0.1) is 0 Å². The summed E-state index contributed by atoms with van der Waals surface area (Å²) >= 11 is 4.07. The Morgan fingerprint density at radius 2 is 2.50 bits per heavy atom. The van der Waals surface area contributed by atoms with E-state index in [0.717, 1.165) is 0 Å². The molecular formula is C2H3N2OS. The van der Waals surface area contributed by atoms with Gasteiger partial charge in [-0.25, -0.2) is 4.79 Å². The first-order valence-electron chi connectivity index (χ1n) is 1.20. The first-order valence-corrected chi connectivity index (χ1v) is 1.61. The molecule has 0 aliphatic carbocycles. The van der Waals surface area contributed by atoms with Crippen molar-refractivity contribution in [1.82, 2.24) is 5.32 Å². The maximum atomic E-state index is 9.58. The average molecular weight is 103 g/mol. The number of hydrogen-bond acceptors (Lipinski definition) is 2. The van der Waals surface area contributed by atoms with Gasteiger partial charge in [0.1, 0.15) is 5.49 Å². The van der Waals surface area contributed by atoms with Crippen LogP contribution < -0.4 is 11.1 Å². The summed E-state index contributed by atoms with van der Waals surface area (Å²) in [6.45, 7) is 0. The summed E-state index contributed by atoms with van der Waals surface area (Å²) in [5, 5.41) is 1.91. The Morgan fingerprint density at radius 3 is 2.50 bits per heavy atom. The van der Waals surface area contributed by atoms with Crippen LogP contribution in [-0.2, 0) is 0 Å². The van der Waals surface area contributed by atoms with Gasteiger partial charge in [-0.05, 0) is 0 Å². The number of thiocarbonyl (C=S) groups is 1. The van der Waals surface area contributed by atoms with Crippen molar-refractivity contribution in [2.24, 2.45) is 5.73 Å². The van der Waals surface area contributed by atoms with Crippen LogP contribution in [0.3, 0.4) is 0 Å². The Labute approximate surface area is 40.5 Å². The lowest BCUT2D eigenvalue weighted by Crippen LogP contribution is -2.26. The van der Waals surface area contributed by atoms with Gasteiger partial charge in [-0.3, -0.25) is 5.32 Å². The summed E-state index contributed by atoms with van der Waals surface area (Å²) in [7, 11) is 0. The fourth-order valence-electron chi connectivity index (χ4n) is 0.0503. The molecule has 0 unspecified atom stereocenters. The fraction of sp³-hybridized carbons (Fsp3) is 0. The maximum absolute atomic E-state index is 9.58. The number of primary amides is 1. The Morgan fingerprint density at radius 1 is 2.00 bits per heavy atom. The molecule has 0 aromatic rings. The van der Waals surface area contributed by atoms with E-state index >= 15 is 0 Å². The standard InChI is InChI=1S/C2H3N2OS/c3-2(5)4-1-6/h(H3,3,4,5,6). The highest BCUT2D eigenvalue weighted by Gasteiger charge is 1.78. The summed E-state index contributed by atoms with van der Waals surface area (Å²) in [5.74, 6) is 0. The van der Waals surface area contributed by atoms with Crippen molar-refractivity contribution in [2.75, 3.05) is 0 Å². The van der Waals surface area contributed by atoms with Crippen LogP contribution in [0.5, 0.6) is 0 Å². The van der Waals surface area contributed by atoms with Crippen LogP contribution >= 0.6 is 12.2 Å². The Kier molecular flexibility index (Phi) is 2.31. The molecular weight excluding hydrogens is 100 g/mol. The van der Waals surface area contributed by atoms with E-state index < -0.39 is 6.03 Å². The predicted octanol–water partition coefficient (Wildman–Crippen LogP) is -0.511. The number of amides is 2. The van der Waals surface area contributed by atoms with E-state index in [2.05, 4.69) is 18.0 Å². The number of carbonyl (C=O) groups is 1. The van der Waals surface area contributed by atoms with Crippen LogP contribution in [0.4, 0.5) is 4.79 Å². The molecule has 33 valence electrons. The fourth-order valence-corrected chi connectivity index (χ4v) is 0.151. The SMILES string of the molecule is NC(=O)N[C]=S. The van der Waals surface area contributed by atoms with Gasteiger partial charge in [0.05, 0.1) is 0 Å². The largest absolute Gasteiger partial charge is 0.351 e. The van der Waals surface area contributed by atoms with Crippen LogP contribution in [0.2, 0.25) is 0 Å². The van der Waals surface area contributed by atoms with E-state index in [9.17, 15) is 4.79 Å². The van der Waals surface area contributed by atoms with Gasteiger partial charge in [0.2, 0.25) is 0 Å². The van der Waals surface area contributed by atoms with Gasteiger partial charge < -0.3 is 5.73 Å². The van der Waals surface area contributed by atoms with Gasteiger partial charge in [-0.2, -0.15) is 0 Å². The van der Waals surface area contributed by atoms with Gasteiger partial charge in [-0.1, -0.05) is 12.2 Å². The van der Waals surface area contributed by atoms with Crippen molar-refractivity contribution >= 4 is 23.7 Å². The number of urea groups is 1. The Balaban J connectivity index is 3.05. The average Bonchev–Trinajstić information content (AvgIpc) is 1.35. The van der Waals surface area contributed by atoms with Crippen molar-refractivity contribution in [2.45, 2.75) is 0 Å². The number of carbonyl (C=O) groups excluding carboxylic acids is 1. The minimum atomic E-state index is -0.676. The second-order valence-electron chi connectivity index (χ2n) is 0.591. The summed E-state index contributed by atoms with van der Waals surface area (Å²) in [5.41, 5.74) is 6.45. The van der Waals surface area contributed by atoms with Gasteiger partial charge in [0.15, 0.2) is 0 Å². The summed E-state index contributed by atoms with van der Waals surface area (Å²) < 4.78 is 0. The van der Waals surface area contributed by atoms with Crippen LogP contribution in [0.25, 0.3) is 0 Å². The minimum absolute atomic E-state index is 0.676. The summed E-state index contributed by atoms with van der Waals surface area (Å²) in [6.07, 6.45) is 0. The quantitative estimate of drug-likeness (QED) is 0.347. The van der Waals surface area contributed by atoms with E-state index in [4.69, 9.17) is 0 Å². The molecule has 6 heavy (non-hydrogen) atoms. The topological polar surface area (TPSA) is 55.1 Å². The Bertz CT molecular complexity index is 71.9. The third-order valence-corrected chi connectivity index (χ3v) is 0.276. The zero-order chi connectivity index (χ0) is 4.99. The van der Waals surface area contributed by atoms with E-state index in [1.54, 1.807) is 0 Å². The summed E-state index contributed by atoms with van der Waals surface area (Å²) in [6, 6.07) is -0.676. The highest BCUT2D eigenvalue weighted by molar-refractivity contribution is 7.78. The summed E-state index contributed by atoms with van der Waals surface area (Å²) in [4.78, 5) is 9.58. The molecule has 3 N–H and O–H groups in total. The molecule has 0 fully saturated rings. The molecule has 0 aliphatic heterocycles. The zero-order valence-corrected chi connectivity index (χ0v) is 3.71. The van der Waals surface area contributed by atoms with Crippen molar-refractivity contribution in [3.05, 3.63) is 0 Å². The van der Waals surface area contributed by atoms with Gasteiger partial charge in [-0.15, -0.1) is 0 Å². The molecule has 0 saturated carbocycles. The number of nitrogens with one attached hydrogen (secondary N) is 1. The zero-order valence-electron chi connectivity index (χ0n) is 2.89. The monoisotopic (exact) mass is 103 g/mol. The van der Waals surface area contributed by atoms with Crippen LogP contribution in [0.15, 0.2) is 0 Å². The van der Waals surface area contributed by atoms with Gasteiger partial charge in [0, 0.05) is 0 Å². The number of hydrogen-bond donors (Lipinski definition) is 2. The third kappa shape index (κ3) is 3.36. The number of nitrogens with two attached hydrogens (primary N) is 1. The van der Waals surface area contributed by atoms with E-state index in [1.165, 1.54) is 0 Å². The highest BCUT2D eigenvalue weighted by atomic mass is 32.1. The smallest absolute Gasteiger partial charge is 0.317 e. The second kappa shape index (κ2) is 2.59. The van der Waals surface area contributed by atoms with E-state index in [0.29, 0.717) is 0 Å². The maximum Gasteiger partial charge on any atom is 0.317 e. The lowest BCUT2D eigenvalue weighted by Gasteiger charge is -1.80. The molecule has 0 aromatic carbocycles. The van der Waals surface area contributed by atoms with E-state index in [-0.39, 0.29) is 0 Å². The van der Waals surface area contributed by atoms with Crippen molar-refractivity contribution in [1.29, 1.82) is 0 Å². The highest BCUT2D eigenvalue weighted by Crippen LogP contribution is 1.45. The van der Waals surface area contributed by atoms with E-state index in [1.807, 2.05) is 10.8 Å². The molecule has 0 rings (SSSR count). The molecule has 0 saturated heterocycles. The Hall–Kier alpha value is -0.640. The van der Waals surface area contributed by atoms with Crippen LogP contribution in [0.1, 0.15) is 0 Å². The second-order valence-corrected chi connectivity index (χ2v) is 0.795. The first-order chi connectivity index (χ1) is 2.77. The molecule has 0 spiro atoms. The molecule has 0 aliphatic rings. The molecule has 0 atom stereocenters. The minimum Gasteiger partial charge on any atom is -0.351 e. The molecule has 0 aromatic heterocycles. The predicted molar refractivity (Wildman–Crippen MR) is 25.3 cm³/mol. The lowest BCUT2D eigenvalue weighted by molar-refractivity contribution is 0.253. The van der Waals surface area contributed by atoms with Gasteiger partial charge >= 0.3 is 6.03 Å². The first kappa shape index (κ1) is 5.36. The van der Waals surface area contributed by atoms with Crippen LogP contribution in [-0.4, -0.2) is 11.5 Å². The molecule has 3 nitrogen and oxygen atoms in total. The molecule has 0 bridgehead atoms. The third-order valence-electron chi connectivity index (χ3n) is 0.174. The molecule has 2 amide bonds. The molecule has 1 radical (unpaired) electrons. The van der Waals surface area contributed by atoms with Crippen molar-refractivity contribution in [3.8, 4) is 0 Å².